The molecule has 0 saturated heterocycles. The molecular weight excluding hydrogens is 471 g/mol. The minimum Gasteiger partial charge on any atom is -0.464 e. The third-order valence-electron chi connectivity index (χ3n) is 5.35. The molecule has 1 heterocycles. The molecule has 0 aliphatic carbocycles. The topological polar surface area (TPSA) is 65.8 Å². The van der Waals surface area contributed by atoms with Crippen LogP contribution in [0.25, 0.3) is 0 Å². The second kappa shape index (κ2) is 11.8. The molecule has 0 aliphatic heterocycles. The SMILES string of the molecule is Cc1ccc(CN(Cc2ccccc2)C(=O)CN(CC(C)C)C(=O)Nc2cccc(C(F)(F)F)c2)o1. The van der Waals surface area contributed by atoms with Crippen molar-refractivity contribution in [1.29, 1.82) is 0 Å². The summed E-state index contributed by atoms with van der Waals surface area (Å²) in [5, 5.41) is 2.50. The molecule has 0 fully saturated rings. The lowest BCUT2D eigenvalue weighted by molar-refractivity contribution is -0.137. The summed E-state index contributed by atoms with van der Waals surface area (Å²) in [6.07, 6.45) is -4.53. The van der Waals surface area contributed by atoms with E-state index < -0.39 is 17.8 Å². The van der Waals surface area contributed by atoms with Crippen molar-refractivity contribution in [2.45, 2.75) is 40.0 Å². The zero-order valence-electron chi connectivity index (χ0n) is 20.5. The molecule has 36 heavy (non-hydrogen) atoms. The molecule has 0 spiro atoms. The van der Waals surface area contributed by atoms with Crippen LogP contribution < -0.4 is 5.32 Å². The Kier molecular flexibility index (Phi) is 8.79. The fourth-order valence-corrected chi connectivity index (χ4v) is 3.69. The number of rotatable bonds is 9. The van der Waals surface area contributed by atoms with Crippen molar-refractivity contribution < 1.29 is 27.2 Å². The Labute approximate surface area is 208 Å². The van der Waals surface area contributed by atoms with Crippen LogP contribution in [0.3, 0.4) is 0 Å². The Morgan fingerprint density at radius 2 is 1.67 bits per heavy atom. The van der Waals surface area contributed by atoms with Crippen LogP contribution in [0.5, 0.6) is 0 Å². The highest BCUT2D eigenvalue weighted by Crippen LogP contribution is 2.30. The van der Waals surface area contributed by atoms with Gasteiger partial charge in [-0.25, -0.2) is 4.79 Å². The molecule has 192 valence electrons. The predicted octanol–water partition coefficient (Wildman–Crippen LogP) is 6.33. The van der Waals surface area contributed by atoms with Gasteiger partial charge in [-0.2, -0.15) is 13.2 Å². The molecule has 0 saturated carbocycles. The maximum Gasteiger partial charge on any atom is 0.416 e. The summed E-state index contributed by atoms with van der Waals surface area (Å²) in [6.45, 7) is 6.13. The fraction of sp³-hybridized carbons (Fsp3) is 0.333. The van der Waals surface area contributed by atoms with E-state index in [1.54, 1.807) is 11.0 Å². The first-order valence-electron chi connectivity index (χ1n) is 11.6. The zero-order chi connectivity index (χ0) is 26.3. The van der Waals surface area contributed by atoms with Crippen LogP contribution in [0.4, 0.5) is 23.7 Å². The number of hydrogen-bond donors (Lipinski definition) is 1. The van der Waals surface area contributed by atoms with E-state index in [-0.39, 0.29) is 37.1 Å². The van der Waals surface area contributed by atoms with Crippen LogP contribution in [0, 0.1) is 12.8 Å². The van der Waals surface area contributed by atoms with Gasteiger partial charge in [-0.1, -0.05) is 50.2 Å². The van der Waals surface area contributed by atoms with Crippen molar-refractivity contribution in [3.05, 3.63) is 89.4 Å². The minimum atomic E-state index is -4.53. The third-order valence-corrected chi connectivity index (χ3v) is 5.35. The molecule has 3 rings (SSSR count). The molecule has 3 amide bonds. The minimum absolute atomic E-state index is 0.00299. The van der Waals surface area contributed by atoms with Gasteiger partial charge in [0.05, 0.1) is 12.1 Å². The molecule has 0 unspecified atom stereocenters. The summed E-state index contributed by atoms with van der Waals surface area (Å²) in [6, 6.07) is 16.8. The molecule has 2 aromatic carbocycles. The third kappa shape index (κ3) is 7.90. The summed E-state index contributed by atoms with van der Waals surface area (Å²) in [4.78, 5) is 29.4. The highest BCUT2D eigenvalue weighted by molar-refractivity contribution is 5.92. The number of urea groups is 1. The van der Waals surface area contributed by atoms with Gasteiger partial charge >= 0.3 is 12.2 Å². The molecule has 0 aliphatic rings. The second-order valence-electron chi connectivity index (χ2n) is 9.03. The van der Waals surface area contributed by atoms with Crippen molar-refractivity contribution >= 4 is 17.6 Å². The van der Waals surface area contributed by atoms with E-state index in [4.69, 9.17) is 4.42 Å². The van der Waals surface area contributed by atoms with Crippen LogP contribution in [0.2, 0.25) is 0 Å². The summed E-state index contributed by atoms with van der Waals surface area (Å²) in [5.74, 6) is 1.05. The summed E-state index contributed by atoms with van der Waals surface area (Å²) in [5.41, 5.74) is 0.0516. The molecule has 0 atom stereocenters. The van der Waals surface area contributed by atoms with Gasteiger partial charge < -0.3 is 19.5 Å². The first-order chi connectivity index (χ1) is 17.0. The van der Waals surface area contributed by atoms with E-state index in [2.05, 4.69) is 5.32 Å². The van der Waals surface area contributed by atoms with Crippen molar-refractivity contribution in [2.24, 2.45) is 5.92 Å². The van der Waals surface area contributed by atoms with E-state index >= 15 is 0 Å². The Hall–Kier alpha value is -3.75. The molecule has 6 nitrogen and oxygen atoms in total. The summed E-state index contributed by atoms with van der Waals surface area (Å²) < 4.78 is 44.9. The summed E-state index contributed by atoms with van der Waals surface area (Å²) in [7, 11) is 0. The van der Waals surface area contributed by atoms with Crippen LogP contribution in [-0.4, -0.2) is 34.8 Å². The lowest BCUT2D eigenvalue weighted by Crippen LogP contribution is -2.45. The van der Waals surface area contributed by atoms with E-state index in [0.29, 0.717) is 12.3 Å². The van der Waals surface area contributed by atoms with Gasteiger partial charge in [0.15, 0.2) is 0 Å². The maximum absolute atomic E-state index is 13.4. The number of alkyl halides is 3. The van der Waals surface area contributed by atoms with Crippen molar-refractivity contribution in [2.75, 3.05) is 18.4 Å². The van der Waals surface area contributed by atoms with Gasteiger partial charge in [0, 0.05) is 18.8 Å². The van der Waals surface area contributed by atoms with E-state index in [9.17, 15) is 22.8 Å². The monoisotopic (exact) mass is 501 g/mol. The molecule has 3 aromatic rings. The first-order valence-corrected chi connectivity index (χ1v) is 11.6. The lowest BCUT2D eigenvalue weighted by atomic mass is 10.2. The van der Waals surface area contributed by atoms with Crippen molar-refractivity contribution in [3.63, 3.8) is 0 Å². The largest absolute Gasteiger partial charge is 0.464 e. The molecular formula is C27H30F3N3O3. The van der Waals surface area contributed by atoms with Gasteiger partial charge in [0.2, 0.25) is 5.91 Å². The molecule has 1 N–H and O–H groups in total. The van der Waals surface area contributed by atoms with Crippen LogP contribution in [-0.2, 0) is 24.1 Å². The number of amides is 3. The van der Waals surface area contributed by atoms with Crippen LogP contribution in [0.1, 0.15) is 36.5 Å². The Bertz CT molecular complexity index is 1160. The number of benzene rings is 2. The van der Waals surface area contributed by atoms with Gasteiger partial charge in [-0.05, 0) is 48.7 Å². The van der Waals surface area contributed by atoms with Crippen LogP contribution in [0.15, 0.2) is 71.1 Å². The van der Waals surface area contributed by atoms with E-state index in [0.717, 1.165) is 23.5 Å². The van der Waals surface area contributed by atoms with E-state index in [1.807, 2.05) is 57.2 Å². The van der Waals surface area contributed by atoms with Gasteiger partial charge in [0.25, 0.3) is 0 Å². The smallest absolute Gasteiger partial charge is 0.416 e. The highest BCUT2D eigenvalue weighted by atomic mass is 19.4. The number of hydrogen-bond acceptors (Lipinski definition) is 3. The van der Waals surface area contributed by atoms with E-state index in [1.165, 1.54) is 17.0 Å². The average molecular weight is 502 g/mol. The first kappa shape index (κ1) is 26.8. The van der Waals surface area contributed by atoms with Gasteiger partial charge in [0.1, 0.15) is 18.1 Å². The predicted molar refractivity (Wildman–Crippen MR) is 131 cm³/mol. The number of halogens is 3. The molecule has 9 heteroatoms. The molecule has 1 aromatic heterocycles. The number of nitrogens with one attached hydrogen (secondary N) is 1. The molecule has 0 bridgehead atoms. The molecule has 0 radical (unpaired) electrons. The van der Waals surface area contributed by atoms with Crippen LogP contribution >= 0.6 is 0 Å². The summed E-state index contributed by atoms with van der Waals surface area (Å²) >= 11 is 0. The number of nitrogens with zero attached hydrogens (tertiary/aromatic N) is 2. The zero-order valence-corrected chi connectivity index (χ0v) is 20.5. The second-order valence-corrected chi connectivity index (χ2v) is 9.03. The van der Waals surface area contributed by atoms with Gasteiger partial charge in [-0.3, -0.25) is 4.79 Å². The van der Waals surface area contributed by atoms with Crippen molar-refractivity contribution in [3.8, 4) is 0 Å². The van der Waals surface area contributed by atoms with Gasteiger partial charge in [-0.15, -0.1) is 0 Å². The number of furan rings is 1. The fourth-order valence-electron chi connectivity index (χ4n) is 3.69. The lowest BCUT2D eigenvalue weighted by Gasteiger charge is -2.28. The van der Waals surface area contributed by atoms with Crippen molar-refractivity contribution in [1.82, 2.24) is 9.80 Å². The Balaban J connectivity index is 1.78. The average Bonchev–Trinajstić information content (AvgIpc) is 3.22. The normalized spacial score (nSPS) is 11.4. The Morgan fingerprint density at radius 3 is 2.28 bits per heavy atom. The standard InChI is InChI=1S/C27H30F3N3O3/c1-19(2)15-33(26(35)31-23-11-7-10-22(14-23)27(28,29)30)18-25(34)32(16-21-8-5-4-6-9-21)17-24-13-12-20(3)36-24/h4-14,19H,15-18H2,1-3H3,(H,31,35). The number of anilines is 1. The highest BCUT2D eigenvalue weighted by Gasteiger charge is 2.31. The number of carbonyl (C=O) groups is 2. The quantitative estimate of drug-likeness (QED) is 0.373. The number of aryl methyl sites for hydroxylation is 1. The maximum atomic E-state index is 13.4. The number of carbonyl (C=O) groups excluding carboxylic acids is 2. The Morgan fingerprint density at radius 1 is 0.944 bits per heavy atom.